The van der Waals surface area contributed by atoms with E-state index in [9.17, 15) is 4.79 Å². The number of hydrogen-bond donors (Lipinski definition) is 0. The van der Waals surface area contributed by atoms with E-state index in [2.05, 4.69) is 18.9 Å². The smallest absolute Gasteiger partial charge is 0.220 e. The highest BCUT2D eigenvalue weighted by Gasteiger charge is 2.16. The monoisotopic (exact) mass is 240 g/mol. The van der Waals surface area contributed by atoms with Crippen LogP contribution in [-0.4, -0.2) is 38.6 Å². The van der Waals surface area contributed by atoms with Crippen LogP contribution in [0.4, 0.5) is 5.69 Å². The van der Waals surface area contributed by atoms with Crippen LogP contribution >= 0.6 is 12.2 Å². The lowest BCUT2D eigenvalue weighted by Gasteiger charge is -2.23. The van der Waals surface area contributed by atoms with E-state index in [1.54, 1.807) is 0 Å². The maximum atomic E-state index is 11.5. The van der Waals surface area contributed by atoms with E-state index in [4.69, 9.17) is 12.2 Å². The van der Waals surface area contributed by atoms with Crippen molar-refractivity contribution in [1.82, 2.24) is 4.90 Å². The molecule has 0 aliphatic heterocycles. The molecule has 3 nitrogen and oxygen atoms in total. The Morgan fingerprint density at radius 2 is 1.88 bits per heavy atom. The third kappa shape index (κ3) is 2.68. The van der Waals surface area contributed by atoms with Gasteiger partial charge in [-0.15, -0.1) is 0 Å². The molecule has 0 saturated heterocycles. The first kappa shape index (κ1) is 13.3. The standard InChI is InChI=1S/C12H20N2OS/c1-5-13(3)7-6-8-14(4)10-9(2)12(16)11(10)15/h5-8H2,1-4H3. The first-order valence-electron chi connectivity index (χ1n) is 5.68. The van der Waals surface area contributed by atoms with Gasteiger partial charge in [-0.1, -0.05) is 19.1 Å². The zero-order valence-corrected chi connectivity index (χ0v) is 11.4. The van der Waals surface area contributed by atoms with Gasteiger partial charge in [0.15, 0.2) is 0 Å². The molecule has 0 unspecified atom stereocenters. The quantitative estimate of drug-likeness (QED) is 0.707. The van der Waals surface area contributed by atoms with Gasteiger partial charge in [-0.05, 0) is 39.0 Å². The van der Waals surface area contributed by atoms with Crippen LogP contribution in [0.3, 0.4) is 0 Å². The van der Waals surface area contributed by atoms with E-state index in [1.165, 1.54) is 0 Å². The molecule has 4 heteroatoms. The zero-order valence-electron chi connectivity index (χ0n) is 10.5. The lowest BCUT2D eigenvalue weighted by atomic mass is 10.1. The Kier molecular flexibility index (Phi) is 4.62. The van der Waals surface area contributed by atoms with Gasteiger partial charge in [0.1, 0.15) is 0 Å². The van der Waals surface area contributed by atoms with Crippen molar-refractivity contribution < 1.29 is 0 Å². The Hall–Kier alpha value is -0.740. The minimum absolute atomic E-state index is 0.0406. The highest BCUT2D eigenvalue weighted by atomic mass is 32.1. The molecule has 0 fully saturated rings. The summed E-state index contributed by atoms with van der Waals surface area (Å²) in [6.07, 6.45) is 1.07. The van der Waals surface area contributed by atoms with Crippen LogP contribution in [0.2, 0.25) is 0 Å². The van der Waals surface area contributed by atoms with E-state index in [0.29, 0.717) is 4.51 Å². The third-order valence-corrected chi connectivity index (χ3v) is 3.56. The van der Waals surface area contributed by atoms with Crippen molar-refractivity contribution in [2.45, 2.75) is 20.3 Å². The minimum Gasteiger partial charge on any atom is -0.371 e. The Morgan fingerprint density at radius 3 is 2.38 bits per heavy atom. The van der Waals surface area contributed by atoms with Gasteiger partial charge in [0, 0.05) is 13.6 Å². The summed E-state index contributed by atoms with van der Waals surface area (Å²) in [4.78, 5) is 15.8. The Balaban J connectivity index is 2.46. The van der Waals surface area contributed by atoms with Crippen molar-refractivity contribution in [3.8, 4) is 0 Å². The Bertz CT molecular complexity index is 421. The summed E-state index contributed by atoms with van der Waals surface area (Å²) in [7, 11) is 4.07. The molecule has 1 rings (SSSR count). The lowest BCUT2D eigenvalue weighted by Crippen LogP contribution is -2.31. The van der Waals surface area contributed by atoms with Crippen LogP contribution in [0.1, 0.15) is 18.9 Å². The van der Waals surface area contributed by atoms with E-state index >= 15 is 0 Å². The van der Waals surface area contributed by atoms with Crippen molar-refractivity contribution in [3.63, 3.8) is 0 Å². The maximum absolute atomic E-state index is 11.5. The van der Waals surface area contributed by atoms with Crippen molar-refractivity contribution in [1.29, 1.82) is 0 Å². The van der Waals surface area contributed by atoms with Crippen molar-refractivity contribution >= 4 is 17.9 Å². The van der Waals surface area contributed by atoms with Gasteiger partial charge in [0.2, 0.25) is 5.43 Å². The van der Waals surface area contributed by atoms with Crippen molar-refractivity contribution in [2.24, 2.45) is 0 Å². The van der Waals surface area contributed by atoms with Gasteiger partial charge in [0.05, 0.1) is 10.2 Å². The molecule has 0 atom stereocenters. The summed E-state index contributed by atoms with van der Waals surface area (Å²) >= 11 is 4.96. The van der Waals surface area contributed by atoms with Crippen molar-refractivity contribution in [2.75, 3.05) is 38.6 Å². The van der Waals surface area contributed by atoms with Crippen LogP contribution in [0.25, 0.3) is 0 Å². The van der Waals surface area contributed by atoms with Crippen molar-refractivity contribution in [3.05, 3.63) is 20.3 Å². The SMILES string of the molecule is CCN(C)CCCN(C)c1c(C)c(=S)c1=O. The molecular weight excluding hydrogens is 220 g/mol. The maximum Gasteiger partial charge on any atom is 0.220 e. The molecule has 0 aliphatic rings. The second kappa shape index (κ2) is 5.55. The molecule has 16 heavy (non-hydrogen) atoms. The number of anilines is 1. The van der Waals surface area contributed by atoms with Gasteiger partial charge < -0.3 is 9.80 Å². The van der Waals surface area contributed by atoms with Crippen LogP contribution in [-0.2, 0) is 0 Å². The normalized spacial score (nSPS) is 11.3. The third-order valence-electron chi connectivity index (χ3n) is 3.07. The average Bonchev–Trinajstić information content (AvgIpc) is 2.28. The fourth-order valence-corrected chi connectivity index (χ4v) is 1.99. The fourth-order valence-electron chi connectivity index (χ4n) is 1.80. The highest BCUT2D eigenvalue weighted by molar-refractivity contribution is 7.71. The first-order chi connectivity index (χ1) is 7.49. The molecule has 0 bridgehead atoms. The van der Waals surface area contributed by atoms with Crippen LogP contribution in [0.5, 0.6) is 0 Å². The molecule has 0 amide bonds. The summed E-state index contributed by atoms with van der Waals surface area (Å²) in [5.41, 5.74) is 1.83. The predicted octanol–water partition coefficient (Wildman–Crippen LogP) is 1.74. The minimum atomic E-state index is 0.0406. The summed E-state index contributed by atoms with van der Waals surface area (Å²) < 4.78 is 0.507. The molecule has 1 aromatic rings. The predicted molar refractivity (Wildman–Crippen MR) is 71.7 cm³/mol. The zero-order chi connectivity index (χ0) is 12.3. The highest BCUT2D eigenvalue weighted by Crippen LogP contribution is 2.18. The van der Waals surface area contributed by atoms with Gasteiger partial charge in [-0.2, -0.15) is 0 Å². The van der Waals surface area contributed by atoms with E-state index in [1.807, 2.05) is 18.9 Å². The molecular formula is C12H20N2OS. The van der Waals surface area contributed by atoms with E-state index in [-0.39, 0.29) is 5.43 Å². The summed E-state index contributed by atoms with van der Waals surface area (Å²) in [5, 5.41) is 0. The molecule has 0 spiro atoms. The second-order valence-electron chi connectivity index (χ2n) is 4.30. The average molecular weight is 240 g/mol. The largest absolute Gasteiger partial charge is 0.371 e. The molecule has 0 aromatic heterocycles. The van der Waals surface area contributed by atoms with E-state index < -0.39 is 0 Å². The number of rotatable bonds is 6. The van der Waals surface area contributed by atoms with Gasteiger partial charge >= 0.3 is 0 Å². The molecule has 0 aliphatic carbocycles. The Morgan fingerprint density at radius 1 is 1.25 bits per heavy atom. The first-order valence-corrected chi connectivity index (χ1v) is 6.09. The van der Waals surface area contributed by atoms with Gasteiger partial charge in [-0.25, -0.2) is 0 Å². The summed E-state index contributed by atoms with van der Waals surface area (Å²) in [6.45, 7) is 7.10. The van der Waals surface area contributed by atoms with Crippen LogP contribution < -0.4 is 10.3 Å². The van der Waals surface area contributed by atoms with E-state index in [0.717, 1.165) is 37.3 Å². The summed E-state index contributed by atoms with van der Waals surface area (Å²) in [6, 6.07) is 0. The molecule has 90 valence electrons. The number of nitrogens with zero attached hydrogens (tertiary/aromatic N) is 2. The molecule has 0 heterocycles. The number of hydrogen-bond acceptors (Lipinski definition) is 4. The topological polar surface area (TPSA) is 23.6 Å². The van der Waals surface area contributed by atoms with Gasteiger partial charge in [-0.3, -0.25) is 4.79 Å². The molecule has 1 aromatic carbocycles. The molecule has 0 N–H and O–H groups in total. The molecule has 0 saturated carbocycles. The molecule has 0 radical (unpaired) electrons. The summed E-state index contributed by atoms with van der Waals surface area (Å²) in [5.74, 6) is 0. The fraction of sp³-hybridized carbons (Fsp3) is 0.667. The Labute approximate surface area is 102 Å². The van der Waals surface area contributed by atoms with Crippen LogP contribution in [0, 0.1) is 11.4 Å². The van der Waals surface area contributed by atoms with Gasteiger partial charge in [0.25, 0.3) is 0 Å². The second-order valence-corrected chi connectivity index (χ2v) is 4.71. The van der Waals surface area contributed by atoms with Crippen LogP contribution in [0.15, 0.2) is 4.79 Å². The lowest BCUT2D eigenvalue weighted by molar-refractivity contribution is 0.349.